The minimum Gasteiger partial charge on any atom is -0.352 e. The minimum atomic E-state index is -0.739. The normalized spacial score (nSPS) is 18.7. The Bertz CT molecular complexity index is 1370. The summed E-state index contributed by atoms with van der Waals surface area (Å²) in [5.74, 6) is -1.01. The average Bonchev–Trinajstić information content (AvgIpc) is 2.81. The third-order valence-electron chi connectivity index (χ3n) is 6.19. The largest absolute Gasteiger partial charge is 0.352 e. The molecule has 2 aliphatic rings. The molecule has 0 saturated carbocycles. The number of hydrogen-bond donors (Lipinski definition) is 2. The number of Topliss-reactive ketones (excluding diaryl/α,β-unsaturated/α-hetero) is 1. The maximum Gasteiger partial charge on any atom is 0.269 e. The van der Waals surface area contributed by atoms with Gasteiger partial charge in [0, 0.05) is 35.5 Å². The van der Waals surface area contributed by atoms with Gasteiger partial charge in [0.15, 0.2) is 5.78 Å². The molecule has 8 nitrogen and oxygen atoms in total. The number of hydrogen-bond acceptors (Lipinski definition) is 7. The fourth-order valence-corrected chi connectivity index (χ4v) is 5.56. The van der Waals surface area contributed by atoms with Crippen molar-refractivity contribution in [3.8, 4) is 6.07 Å². The van der Waals surface area contributed by atoms with Gasteiger partial charge in [-0.05, 0) is 42.0 Å². The fraction of sp³-hybridized carbons (Fsp3) is 0.296. The van der Waals surface area contributed by atoms with Crippen molar-refractivity contribution >= 4 is 34.8 Å². The van der Waals surface area contributed by atoms with Crippen molar-refractivity contribution in [3.05, 3.63) is 91.6 Å². The van der Waals surface area contributed by atoms with Gasteiger partial charge in [-0.2, -0.15) is 5.26 Å². The number of allylic oxidation sites excluding steroid dienone is 3. The highest BCUT2D eigenvalue weighted by molar-refractivity contribution is 8.03. The average molecular weight is 503 g/mol. The Morgan fingerprint density at radius 2 is 2.00 bits per heavy atom. The molecule has 0 unspecified atom stereocenters. The van der Waals surface area contributed by atoms with Crippen LogP contribution in [0.15, 0.2) is 70.4 Å². The highest BCUT2D eigenvalue weighted by Gasteiger charge is 2.42. The molecule has 2 N–H and O–H groups in total. The Hall–Kier alpha value is -3.90. The predicted octanol–water partition coefficient (Wildman–Crippen LogP) is 5.34. The fourth-order valence-electron chi connectivity index (χ4n) is 4.70. The van der Waals surface area contributed by atoms with Gasteiger partial charge in [-0.1, -0.05) is 49.9 Å². The van der Waals surface area contributed by atoms with Crippen molar-refractivity contribution in [3.63, 3.8) is 0 Å². The lowest BCUT2D eigenvalue weighted by molar-refractivity contribution is -0.384. The second-order valence-corrected chi connectivity index (χ2v) is 10.8. The lowest BCUT2D eigenvalue weighted by atomic mass is 9.69. The molecule has 9 heteroatoms. The molecular weight excluding hydrogens is 476 g/mol. The van der Waals surface area contributed by atoms with E-state index in [1.54, 1.807) is 18.2 Å². The Morgan fingerprint density at radius 1 is 1.25 bits per heavy atom. The molecule has 4 rings (SSSR count). The summed E-state index contributed by atoms with van der Waals surface area (Å²) in [6.07, 6.45) is 0.900. The highest BCUT2D eigenvalue weighted by Crippen LogP contribution is 2.48. The van der Waals surface area contributed by atoms with Crippen LogP contribution in [0, 0.1) is 33.8 Å². The molecule has 2 aromatic carbocycles. The van der Waals surface area contributed by atoms with Crippen molar-refractivity contribution in [1.29, 1.82) is 5.26 Å². The summed E-state index contributed by atoms with van der Waals surface area (Å²) in [5.41, 5.74) is 3.27. The van der Waals surface area contributed by atoms with Crippen LogP contribution in [0.2, 0.25) is 0 Å². The van der Waals surface area contributed by atoms with E-state index in [-0.39, 0.29) is 34.1 Å². The number of aryl methyl sites for hydroxylation is 1. The number of ketones is 1. The number of amides is 1. The van der Waals surface area contributed by atoms with Crippen LogP contribution in [-0.2, 0) is 9.59 Å². The summed E-state index contributed by atoms with van der Waals surface area (Å²) in [5, 5.41) is 28.2. The van der Waals surface area contributed by atoms with Gasteiger partial charge in [0.05, 0.1) is 33.3 Å². The van der Waals surface area contributed by atoms with Crippen molar-refractivity contribution in [1.82, 2.24) is 5.32 Å². The predicted molar refractivity (Wildman–Crippen MR) is 139 cm³/mol. The molecule has 0 spiro atoms. The number of carbonyl (C=O) groups is 2. The van der Waals surface area contributed by atoms with Crippen LogP contribution in [0.1, 0.15) is 43.7 Å². The number of dihydropyridines is 1. The van der Waals surface area contributed by atoms with Crippen molar-refractivity contribution in [2.45, 2.75) is 39.5 Å². The van der Waals surface area contributed by atoms with Crippen molar-refractivity contribution in [2.75, 3.05) is 11.1 Å². The molecule has 2 aromatic rings. The van der Waals surface area contributed by atoms with Crippen LogP contribution in [0.25, 0.3) is 0 Å². The number of nitrogens with one attached hydrogen (secondary N) is 2. The first-order valence-corrected chi connectivity index (χ1v) is 12.5. The first-order chi connectivity index (χ1) is 17.1. The van der Waals surface area contributed by atoms with E-state index >= 15 is 0 Å². The van der Waals surface area contributed by atoms with E-state index < -0.39 is 10.8 Å². The van der Waals surface area contributed by atoms with Gasteiger partial charge in [0.1, 0.15) is 0 Å². The lowest BCUT2D eigenvalue weighted by Crippen LogP contribution is -2.37. The molecule has 36 heavy (non-hydrogen) atoms. The zero-order valence-electron chi connectivity index (χ0n) is 20.3. The van der Waals surface area contributed by atoms with E-state index in [0.29, 0.717) is 40.4 Å². The summed E-state index contributed by atoms with van der Waals surface area (Å²) in [7, 11) is 0. The second kappa shape index (κ2) is 9.99. The molecule has 0 fully saturated rings. The summed E-state index contributed by atoms with van der Waals surface area (Å²) >= 11 is 1.18. The van der Waals surface area contributed by atoms with Gasteiger partial charge >= 0.3 is 0 Å². The molecule has 0 aromatic heterocycles. The molecule has 1 heterocycles. The lowest BCUT2D eigenvalue weighted by Gasteiger charge is -2.39. The molecule has 1 atom stereocenters. The number of nitro groups is 1. The van der Waals surface area contributed by atoms with Gasteiger partial charge in [0.2, 0.25) is 5.91 Å². The van der Waals surface area contributed by atoms with Crippen LogP contribution >= 0.6 is 11.8 Å². The molecule has 1 aliphatic carbocycles. The highest BCUT2D eigenvalue weighted by atomic mass is 32.2. The van der Waals surface area contributed by atoms with Gasteiger partial charge in [-0.3, -0.25) is 19.7 Å². The molecule has 0 saturated heterocycles. The number of benzene rings is 2. The Morgan fingerprint density at radius 3 is 2.69 bits per heavy atom. The number of nitrogens with zero attached hydrogens (tertiary/aromatic N) is 2. The van der Waals surface area contributed by atoms with Gasteiger partial charge in [-0.15, -0.1) is 0 Å². The second-order valence-electron chi connectivity index (χ2n) is 9.80. The molecule has 184 valence electrons. The summed E-state index contributed by atoms with van der Waals surface area (Å²) in [6, 6.07) is 15.7. The Balaban J connectivity index is 1.69. The maximum absolute atomic E-state index is 13.3. The molecular formula is C27H26N4O4S. The minimum absolute atomic E-state index is 0.0447. The molecule has 0 radical (unpaired) electrons. The standard InChI is InChI=1S/C27H26N4O4S/c1-16-6-4-8-18(10-16)29-23(33)15-36-26-20(14-28)24(17-7-5-9-19(11-17)31(34)35)25-21(30-26)12-27(2,3)13-22(25)32/h4-11,24,30H,12-13,15H2,1-3H3,(H,29,33)/t24-/m1/s1. The number of non-ortho nitro benzene ring substituents is 1. The van der Waals surface area contributed by atoms with Crippen LogP contribution < -0.4 is 10.6 Å². The molecule has 1 aliphatic heterocycles. The quantitative estimate of drug-likeness (QED) is 0.403. The number of carbonyl (C=O) groups excluding carboxylic acids is 2. The summed E-state index contributed by atoms with van der Waals surface area (Å²) in [6.45, 7) is 5.95. The van der Waals surface area contributed by atoms with E-state index in [1.807, 2.05) is 39.0 Å². The number of anilines is 1. The van der Waals surface area contributed by atoms with Crippen LogP contribution in [-0.4, -0.2) is 22.4 Å². The summed E-state index contributed by atoms with van der Waals surface area (Å²) < 4.78 is 0. The van der Waals surface area contributed by atoms with E-state index in [1.165, 1.54) is 23.9 Å². The first-order valence-electron chi connectivity index (χ1n) is 11.5. The Labute approximate surface area is 213 Å². The number of nitriles is 1. The monoisotopic (exact) mass is 502 g/mol. The smallest absolute Gasteiger partial charge is 0.269 e. The number of thioether (sulfide) groups is 1. The number of nitro benzene ring substituents is 1. The summed E-state index contributed by atoms with van der Waals surface area (Å²) in [4.78, 5) is 36.9. The van der Waals surface area contributed by atoms with E-state index in [2.05, 4.69) is 16.7 Å². The first kappa shape index (κ1) is 25.2. The van der Waals surface area contributed by atoms with Gasteiger partial charge in [-0.25, -0.2) is 0 Å². The van der Waals surface area contributed by atoms with Crippen LogP contribution in [0.5, 0.6) is 0 Å². The van der Waals surface area contributed by atoms with E-state index in [0.717, 1.165) is 5.56 Å². The molecule has 0 bridgehead atoms. The van der Waals surface area contributed by atoms with Crippen LogP contribution in [0.3, 0.4) is 0 Å². The Kier molecular flexibility index (Phi) is 7.00. The van der Waals surface area contributed by atoms with Gasteiger partial charge < -0.3 is 10.6 Å². The third kappa shape index (κ3) is 5.34. The topological polar surface area (TPSA) is 125 Å². The van der Waals surface area contributed by atoms with Gasteiger partial charge in [0.25, 0.3) is 5.69 Å². The van der Waals surface area contributed by atoms with E-state index in [9.17, 15) is 25.0 Å². The zero-order chi connectivity index (χ0) is 26.0. The third-order valence-corrected chi connectivity index (χ3v) is 7.21. The van der Waals surface area contributed by atoms with E-state index in [4.69, 9.17) is 0 Å². The number of rotatable bonds is 6. The van der Waals surface area contributed by atoms with Crippen LogP contribution in [0.4, 0.5) is 11.4 Å². The SMILES string of the molecule is Cc1cccc(NC(=O)CSC2=C(C#N)[C@@H](c3cccc([N+](=O)[O-])c3)C3=C(CC(C)(C)CC3=O)N2)c1. The molecule has 1 amide bonds. The maximum atomic E-state index is 13.3. The zero-order valence-corrected chi connectivity index (χ0v) is 21.1. The van der Waals surface area contributed by atoms with Crippen molar-refractivity contribution < 1.29 is 14.5 Å². The van der Waals surface area contributed by atoms with Crippen molar-refractivity contribution in [2.24, 2.45) is 5.41 Å².